The molecule has 0 aliphatic carbocycles. The van der Waals surface area contributed by atoms with Crippen LogP contribution in [-0.4, -0.2) is 140 Å². The van der Waals surface area contributed by atoms with Gasteiger partial charge in [0.25, 0.3) is 0 Å². The number of hydrogen-bond acceptors (Lipinski definition) is 13. The van der Waals surface area contributed by atoms with E-state index in [1.54, 1.807) is 6.08 Å². The number of ether oxygens (including phenoxy) is 4. The zero-order valence-corrected chi connectivity index (χ0v) is 48.5. The van der Waals surface area contributed by atoms with Crippen LogP contribution in [0, 0.1) is 0 Å². The third-order valence-electron chi connectivity index (χ3n) is 15.2. The van der Waals surface area contributed by atoms with E-state index in [9.17, 15) is 45.6 Å². The molecule has 12 atom stereocenters. The largest absolute Gasteiger partial charge is 0.394 e. The van der Waals surface area contributed by atoms with Gasteiger partial charge in [0.15, 0.2) is 12.6 Å². The van der Waals surface area contributed by atoms with E-state index in [2.05, 4.69) is 55.6 Å². The number of rotatable bonds is 50. The van der Waals surface area contributed by atoms with Crippen LogP contribution in [0.25, 0.3) is 0 Å². The zero-order valence-electron chi connectivity index (χ0n) is 48.5. The summed E-state index contributed by atoms with van der Waals surface area (Å²) in [6.45, 7) is 2.73. The molecule has 0 spiro atoms. The minimum absolute atomic E-state index is 0.249. The predicted octanol–water partition coefficient (Wildman–Crippen LogP) is 11.2. The fraction of sp³-hybridized carbons (Fsp3) is 0.857. The third-order valence-corrected chi connectivity index (χ3v) is 15.2. The van der Waals surface area contributed by atoms with Gasteiger partial charge >= 0.3 is 0 Å². The van der Waals surface area contributed by atoms with Crippen molar-refractivity contribution in [2.75, 3.05) is 19.8 Å². The fourth-order valence-electron chi connectivity index (χ4n) is 10.2. The normalized spacial score (nSPS) is 25.0. The number of allylic oxidation sites excluding steroid dienone is 7. The molecule has 14 heteroatoms. The van der Waals surface area contributed by atoms with Gasteiger partial charge in [0.2, 0.25) is 5.91 Å². The Kier molecular flexibility index (Phi) is 44.9. The Balaban J connectivity index is 1.60. The number of unbranched alkanes of at least 4 members (excludes halogenated alkanes) is 31. The molecule has 450 valence electrons. The van der Waals surface area contributed by atoms with E-state index in [4.69, 9.17) is 18.9 Å². The summed E-state index contributed by atoms with van der Waals surface area (Å²) in [7, 11) is 0. The second-order valence-corrected chi connectivity index (χ2v) is 22.2. The van der Waals surface area contributed by atoms with Gasteiger partial charge in [-0.15, -0.1) is 0 Å². The Labute approximate surface area is 467 Å². The lowest BCUT2D eigenvalue weighted by Crippen LogP contribution is -2.65. The number of amides is 1. The van der Waals surface area contributed by atoms with Crippen molar-refractivity contribution in [3.8, 4) is 0 Å². The average Bonchev–Trinajstić information content (AvgIpc) is 3.44. The average molecular weight is 1090 g/mol. The Morgan fingerprint density at radius 2 is 0.870 bits per heavy atom. The van der Waals surface area contributed by atoms with Crippen LogP contribution in [0.4, 0.5) is 0 Å². The predicted molar refractivity (Wildman–Crippen MR) is 309 cm³/mol. The topological polar surface area (TPSA) is 228 Å². The lowest BCUT2D eigenvalue weighted by atomic mass is 9.97. The highest BCUT2D eigenvalue weighted by Crippen LogP contribution is 2.30. The van der Waals surface area contributed by atoms with Crippen LogP contribution in [0.2, 0.25) is 0 Å². The Morgan fingerprint density at radius 3 is 1.36 bits per heavy atom. The van der Waals surface area contributed by atoms with Crippen LogP contribution in [0.1, 0.15) is 251 Å². The van der Waals surface area contributed by atoms with E-state index in [0.29, 0.717) is 12.8 Å². The van der Waals surface area contributed by atoms with E-state index in [1.165, 1.54) is 180 Å². The van der Waals surface area contributed by atoms with Gasteiger partial charge in [0.1, 0.15) is 48.8 Å². The van der Waals surface area contributed by atoms with E-state index in [-0.39, 0.29) is 18.9 Å². The van der Waals surface area contributed by atoms with Gasteiger partial charge < -0.3 is 65.1 Å². The molecule has 0 aromatic heterocycles. The highest BCUT2D eigenvalue weighted by atomic mass is 16.7. The van der Waals surface area contributed by atoms with Crippen molar-refractivity contribution < 1.29 is 64.6 Å². The van der Waals surface area contributed by atoms with Gasteiger partial charge in [0, 0.05) is 6.42 Å². The number of carbonyl (C=O) groups is 1. The quantitative estimate of drug-likeness (QED) is 0.0204. The second-order valence-electron chi connectivity index (χ2n) is 22.2. The van der Waals surface area contributed by atoms with Crippen molar-refractivity contribution in [2.24, 2.45) is 0 Å². The second kappa shape index (κ2) is 48.6. The molecule has 2 fully saturated rings. The van der Waals surface area contributed by atoms with Crippen LogP contribution in [0.15, 0.2) is 48.6 Å². The lowest BCUT2D eigenvalue weighted by molar-refractivity contribution is -0.359. The molecule has 0 aromatic carbocycles. The molecule has 2 aliphatic heterocycles. The van der Waals surface area contributed by atoms with Crippen LogP contribution in [-0.2, 0) is 23.7 Å². The van der Waals surface area contributed by atoms with E-state index in [0.717, 1.165) is 38.5 Å². The van der Waals surface area contributed by atoms with Gasteiger partial charge in [0.05, 0.1) is 32.0 Å². The van der Waals surface area contributed by atoms with E-state index < -0.39 is 86.8 Å². The molecule has 12 unspecified atom stereocenters. The van der Waals surface area contributed by atoms with Gasteiger partial charge in [-0.3, -0.25) is 4.79 Å². The molecule has 14 nitrogen and oxygen atoms in total. The van der Waals surface area contributed by atoms with Crippen LogP contribution in [0.3, 0.4) is 0 Å². The molecule has 0 radical (unpaired) electrons. The third kappa shape index (κ3) is 34.1. The maximum Gasteiger partial charge on any atom is 0.220 e. The standard InChI is InChI=1S/C63H115NO13/c1-3-5-7-9-11-13-15-16-17-18-19-20-21-22-23-24-25-26-27-28-29-30-31-32-33-34-35-36-37-39-41-43-45-47-55(68)64-51(52(67)46-44-42-40-38-14-12-10-8-6-4-2)50-74-62-60(73)58(71)61(54(49-66)76-62)77-63-59(72)57(70)56(69)53(48-65)75-63/h14-16,18-19,38,44,46,51-54,56-63,65-67,69-73H,3-13,17,20-37,39-43,45,47-50H2,1-2H3,(H,64,68)/b16-15-,19-18-,38-14+,46-44+. The molecular formula is C63H115NO13. The van der Waals surface area contributed by atoms with E-state index in [1.807, 2.05) is 6.08 Å². The molecule has 0 aromatic rings. The lowest BCUT2D eigenvalue weighted by Gasteiger charge is -2.46. The molecule has 77 heavy (non-hydrogen) atoms. The molecular weight excluding hydrogens is 979 g/mol. The first kappa shape index (κ1) is 71.1. The Morgan fingerprint density at radius 1 is 0.468 bits per heavy atom. The smallest absolute Gasteiger partial charge is 0.220 e. The van der Waals surface area contributed by atoms with Gasteiger partial charge in [-0.1, -0.05) is 229 Å². The SMILES string of the molecule is CCCCCC/C=C/CC/C=C/C(O)C(COC1OC(CO)C(OC2OC(CO)C(O)C(O)C2O)C(O)C1O)NC(=O)CCCCCCCCCCCCCCCCCCCCCCC/C=C\C/C=C\CCCCCCC. The maximum absolute atomic E-state index is 13.2. The number of aliphatic hydroxyl groups is 8. The summed E-state index contributed by atoms with van der Waals surface area (Å²) in [6, 6.07) is -0.929. The van der Waals surface area contributed by atoms with Crippen molar-refractivity contribution in [2.45, 2.75) is 325 Å². The van der Waals surface area contributed by atoms with Crippen molar-refractivity contribution in [3.05, 3.63) is 48.6 Å². The first-order chi connectivity index (χ1) is 37.6. The Bertz CT molecular complexity index is 1480. The van der Waals surface area contributed by atoms with Crippen LogP contribution in [0.5, 0.6) is 0 Å². The van der Waals surface area contributed by atoms with Crippen molar-refractivity contribution in [3.63, 3.8) is 0 Å². The molecule has 2 saturated heterocycles. The minimum Gasteiger partial charge on any atom is -0.394 e. The molecule has 2 heterocycles. The van der Waals surface area contributed by atoms with Crippen molar-refractivity contribution in [1.82, 2.24) is 5.32 Å². The van der Waals surface area contributed by atoms with Crippen LogP contribution >= 0.6 is 0 Å². The molecule has 1 amide bonds. The number of carbonyl (C=O) groups excluding carboxylic acids is 1. The van der Waals surface area contributed by atoms with Gasteiger partial charge in [-0.25, -0.2) is 0 Å². The summed E-state index contributed by atoms with van der Waals surface area (Å²) in [5, 5.41) is 86.8. The number of aliphatic hydroxyl groups excluding tert-OH is 8. The van der Waals surface area contributed by atoms with Crippen LogP contribution < -0.4 is 5.32 Å². The van der Waals surface area contributed by atoms with Gasteiger partial charge in [-0.2, -0.15) is 0 Å². The van der Waals surface area contributed by atoms with Crippen molar-refractivity contribution >= 4 is 5.91 Å². The highest BCUT2D eigenvalue weighted by molar-refractivity contribution is 5.76. The van der Waals surface area contributed by atoms with Gasteiger partial charge in [-0.05, 0) is 64.2 Å². The first-order valence-electron chi connectivity index (χ1n) is 31.4. The number of nitrogens with one attached hydrogen (secondary N) is 1. The molecule has 2 rings (SSSR count). The fourth-order valence-corrected chi connectivity index (χ4v) is 10.2. The maximum atomic E-state index is 13.2. The monoisotopic (exact) mass is 1090 g/mol. The molecule has 2 aliphatic rings. The summed E-state index contributed by atoms with van der Waals surface area (Å²) < 4.78 is 22.7. The van der Waals surface area contributed by atoms with Crippen molar-refractivity contribution in [1.29, 1.82) is 0 Å². The number of hydrogen-bond donors (Lipinski definition) is 9. The summed E-state index contributed by atoms with van der Waals surface area (Å²) >= 11 is 0. The highest BCUT2D eigenvalue weighted by Gasteiger charge is 2.51. The summed E-state index contributed by atoms with van der Waals surface area (Å²) in [4.78, 5) is 13.2. The summed E-state index contributed by atoms with van der Waals surface area (Å²) in [6.07, 6.45) is 44.8. The minimum atomic E-state index is -1.79. The molecule has 9 N–H and O–H groups in total. The molecule has 0 saturated carbocycles. The molecule has 0 bridgehead atoms. The van der Waals surface area contributed by atoms with E-state index >= 15 is 0 Å². The summed E-state index contributed by atoms with van der Waals surface area (Å²) in [5.74, 6) is -0.249. The Hall–Kier alpha value is -2.05. The summed E-state index contributed by atoms with van der Waals surface area (Å²) in [5.41, 5.74) is 0. The zero-order chi connectivity index (χ0) is 56.0. The first-order valence-corrected chi connectivity index (χ1v) is 31.4.